The van der Waals surface area contributed by atoms with E-state index in [1.807, 2.05) is 67.4 Å². The lowest BCUT2D eigenvalue weighted by Gasteiger charge is -2.16. The van der Waals surface area contributed by atoms with Gasteiger partial charge in [0, 0.05) is 6.54 Å². The number of aromatic nitrogens is 1. The Balaban J connectivity index is 1.53. The van der Waals surface area contributed by atoms with E-state index in [-0.39, 0.29) is 5.91 Å². The number of nitrogens with one attached hydrogen (secondary N) is 1. The van der Waals surface area contributed by atoms with E-state index in [2.05, 4.69) is 10.3 Å². The van der Waals surface area contributed by atoms with Crippen LogP contribution in [0.15, 0.2) is 48.5 Å². The SMILES string of the molecule is CCOc1ccc(CN(C)CC(=O)Nc2nc3ccccc3s2)cc1. The average Bonchev–Trinajstić information content (AvgIpc) is 2.98. The summed E-state index contributed by atoms with van der Waals surface area (Å²) in [6, 6.07) is 15.8. The molecule has 0 saturated heterocycles. The normalized spacial score (nSPS) is 11.0. The molecule has 25 heavy (non-hydrogen) atoms. The number of benzene rings is 2. The number of para-hydroxylation sites is 1. The maximum atomic E-state index is 12.2. The minimum atomic E-state index is -0.0625. The van der Waals surface area contributed by atoms with Gasteiger partial charge in [-0.2, -0.15) is 0 Å². The Hall–Kier alpha value is -2.44. The van der Waals surface area contributed by atoms with Crippen molar-refractivity contribution in [3.05, 3.63) is 54.1 Å². The summed E-state index contributed by atoms with van der Waals surface area (Å²) in [6.45, 7) is 3.62. The van der Waals surface area contributed by atoms with Crippen LogP contribution in [0.5, 0.6) is 5.75 Å². The lowest BCUT2D eigenvalue weighted by Crippen LogP contribution is -2.29. The summed E-state index contributed by atoms with van der Waals surface area (Å²) >= 11 is 1.49. The van der Waals surface area contributed by atoms with Crippen molar-refractivity contribution in [2.45, 2.75) is 13.5 Å². The van der Waals surface area contributed by atoms with Gasteiger partial charge in [0.15, 0.2) is 5.13 Å². The number of hydrogen-bond donors (Lipinski definition) is 1. The van der Waals surface area contributed by atoms with E-state index in [9.17, 15) is 4.79 Å². The molecule has 5 nitrogen and oxygen atoms in total. The van der Waals surface area contributed by atoms with Crippen LogP contribution in [0.25, 0.3) is 10.2 Å². The molecule has 0 atom stereocenters. The number of rotatable bonds is 7. The minimum Gasteiger partial charge on any atom is -0.494 e. The molecule has 1 N–H and O–H groups in total. The Kier molecular flexibility index (Phi) is 5.63. The van der Waals surface area contributed by atoms with E-state index in [1.54, 1.807) is 0 Å². The van der Waals surface area contributed by atoms with Crippen molar-refractivity contribution in [3.8, 4) is 5.75 Å². The highest BCUT2D eigenvalue weighted by atomic mass is 32.1. The zero-order chi connectivity index (χ0) is 17.6. The molecule has 1 aromatic heterocycles. The first kappa shape index (κ1) is 17.4. The van der Waals surface area contributed by atoms with Gasteiger partial charge in [0.05, 0.1) is 23.4 Å². The monoisotopic (exact) mass is 355 g/mol. The molecular formula is C19H21N3O2S. The van der Waals surface area contributed by atoms with Gasteiger partial charge in [-0.1, -0.05) is 35.6 Å². The van der Waals surface area contributed by atoms with E-state index in [4.69, 9.17) is 4.74 Å². The molecule has 0 unspecified atom stereocenters. The van der Waals surface area contributed by atoms with Gasteiger partial charge < -0.3 is 10.1 Å². The number of likely N-dealkylation sites (N-methyl/N-ethyl adjacent to an activating group) is 1. The quantitative estimate of drug-likeness (QED) is 0.701. The Morgan fingerprint density at radius 2 is 1.96 bits per heavy atom. The third-order valence-corrected chi connectivity index (χ3v) is 4.59. The number of thiazole rings is 1. The number of fused-ring (bicyclic) bond motifs is 1. The first-order chi connectivity index (χ1) is 12.1. The first-order valence-electron chi connectivity index (χ1n) is 8.19. The summed E-state index contributed by atoms with van der Waals surface area (Å²) in [5, 5.41) is 3.52. The largest absolute Gasteiger partial charge is 0.494 e. The third kappa shape index (κ3) is 4.78. The average molecular weight is 355 g/mol. The van der Waals surface area contributed by atoms with Gasteiger partial charge in [0.25, 0.3) is 0 Å². The maximum Gasteiger partial charge on any atom is 0.240 e. The number of anilines is 1. The summed E-state index contributed by atoms with van der Waals surface area (Å²) < 4.78 is 6.51. The molecule has 0 spiro atoms. The van der Waals surface area contributed by atoms with Crippen LogP contribution in [0.2, 0.25) is 0 Å². The van der Waals surface area contributed by atoms with Crippen molar-refractivity contribution >= 4 is 32.6 Å². The highest BCUT2D eigenvalue weighted by molar-refractivity contribution is 7.22. The van der Waals surface area contributed by atoms with Crippen molar-refractivity contribution in [3.63, 3.8) is 0 Å². The Labute approximate surface area is 151 Å². The molecule has 3 rings (SSSR count). The standard InChI is InChI=1S/C19H21N3O2S/c1-3-24-15-10-8-14(9-11-15)12-22(2)13-18(23)21-19-20-16-6-4-5-7-17(16)25-19/h4-11H,3,12-13H2,1-2H3,(H,20,21,23). The van der Waals surface area contributed by atoms with Gasteiger partial charge in [-0.3, -0.25) is 9.69 Å². The Morgan fingerprint density at radius 1 is 1.20 bits per heavy atom. The van der Waals surface area contributed by atoms with Crippen LogP contribution in [0.1, 0.15) is 12.5 Å². The van der Waals surface area contributed by atoms with E-state index < -0.39 is 0 Å². The first-order valence-corrected chi connectivity index (χ1v) is 9.01. The number of hydrogen-bond acceptors (Lipinski definition) is 5. The fourth-order valence-corrected chi connectivity index (χ4v) is 3.44. The number of ether oxygens (including phenoxy) is 1. The second kappa shape index (κ2) is 8.09. The molecule has 3 aromatic rings. The number of carbonyl (C=O) groups excluding carboxylic acids is 1. The summed E-state index contributed by atoms with van der Waals surface area (Å²) in [7, 11) is 1.92. The zero-order valence-electron chi connectivity index (χ0n) is 14.4. The molecule has 6 heteroatoms. The molecule has 0 aliphatic carbocycles. The minimum absolute atomic E-state index is 0.0625. The molecule has 0 aliphatic heterocycles. The molecule has 0 saturated carbocycles. The second-order valence-corrected chi connectivity index (χ2v) is 6.81. The van der Waals surface area contributed by atoms with Crippen molar-refractivity contribution in [2.75, 3.05) is 25.5 Å². The molecule has 130 valence electrons. The van der Waals surface area contributed by atoms with Crippen molar-refractivity contribution in [1.29, 1.82) is 0 Å². The summed E-state index contributed by atoms with van der Waals surface area (Å²) in [5.41, 5.74) is 2.05. The maximum absolute atomic E-state index is 12.2. The topological polar surface area (TPSA) is 54.5 Å². The van der Waals surface area contributed by atoms with Crippen LogP contribution in [-0.2, 0) is 11.3 Å². The Morgan fingerprint density at radius 3 is 2.68 bits per heavy atom. The van der Waals surface area contributed by atoms with Crippen molar-refractivity contribution in [1.82, 2.24) is 9.88 Å². The van der Waals surface area contributed by atoms with E-state index in [1.165, 1.54) is 11.3 Å². The smallest absolute Gasteiger partial charge is 0.240 e. The van der Waals surface area contributed by atoms with E-state index >= 15 is 0 Å². The highest BCUT2D eigenvalue weighted by Gasteiger charge is 2.10. The molecule has 0 aliphatic rings. The molecule has 0 radical (unpaired) electrons. The van der Waals surface area contributed by atoms with Gasteiger partial charge >= 0.3 is 0 Å². The Bertz CT molecular complexity index is 812. The number of nitrogens with zero attached hydrogens (tertiary/aromatic N) is 2. The van der Waals surface area contributed by atoms with Crippen LogP contribution in [0.4, 0.5) is 5.13 Å². The van der Waals surface area contributed by atoms with Crippen molar-refractivity contribution < 1.29 is 9.53 Å². The van der Waals surface area contributed by atoms with Crippen LogP contribution in [-0.4, -0.2) is 36.0 Å². The lowest BCUT2D eigenvalue weighted by atomic mass is 10.2. The van der Waals surface area contributed by atoms with Gasteiger partial charge in [0.1, 0.15) is 5.75 Å². The van der Waals surface area contributed by atoms with Gasteiger partial charge in [0.2, 0.25) is 5.91 Å². The number of amides is 1. The zero-order valence-corrected chi connectivity index (χ0v) is 15.2. The van der Waals surface area contributed by atoms with Crippen LogP contribution in [0, 0.1) is 0 Å². The summed E-state index contributed by atoms with van der Waals surface area (Å²) in [5.74, 6) is 0.801. The molecule has 0 fully saturated rings. The number of carbonyl (C=O) groups is 1. The van der Waals surface area contributed by atoms with Gasteiger partial charge in [-0.25, -0.2) is 4.98 Å². The lowest BCUT2D eigenvalue weighted by molar-refractivity contribution is -0.117. The molecule has 2 aromatic carbocycles. The van der Waals surface area contributed by atoms with E-state index in [0.717, 1.165) is 21.5 Å². The predicted octanol–water partition coefficient (Wildman–Crippen LogP) is 3.77. The highest BCUT2D eigenvalue weighted by Crippen LogP contribution is 2.25. The second-order valence-electron chi connectivity index (χ2n) is 5.78. The summed E-state index contributed by atoms with van der Waals surface area (Å²) in [4.78, 5) is 18.6. The predicted molar refractivity (Wildman–Crippen MR) is 102 cm³/mol. The van der Waals surface area contributed by atoms with Crippen LogP contribution >= 0.6 is 11.3 Å². The van der Waals surface area contributed by atoms with Crippen LogP contribution in [0.3, 0.4) is 0 Å². The van der Waals surface area contributed by atoms with Gasteiger partial charge in [-0.15, -0.1) is 0 Å². The van der Waals surface area contributed by atoms with Crippen molar-refractivity contribution in [2.24, 2.45) is 0 Å². The molecule has 1 heterocycles. The fourth-order valence-electron chi connectivity index (χ4n) is 2.55. The molecule has 1 amide bonds. The molecular weight excluding hydrogens is 334 g/mol. The summed E-state index contributed by atoms with van der Waals surface area (Å²) in [6.07, 6.45) is 0. The van der Waals surface area contributed by atoms with Gasteiger partial charge in [-0.05, 0) is 43.8 Å². The van der Waals surface area contributed by atoms with E-state index in [0.29, 0.717) is 24.8 Å². The third-order valence-electron chi connectivity index (χ3n) is 3.64. The fraction of sp³-hybridized carbons (Fsp3) is 0.263. The van der Waals surface area contributed by atoms with Crippen LogP contribution < -0.4 is 10.1 Å². The molecule has 0 bridgehead atoms.